The highest BCUT2D eigenvalue weighted by atomic mass is 32.2. The zero-order chi connectivity index (χ0) is 13.2. The van der Waals surface area contributed by atoms with Gasteiger partial charge in [0.15, 0.2) is 0 Å². The van der Waals surface area contributed by atoms with Crippen LogP contribution in [0.2, 0.25) is 0 Å². The molecule has 0 radical (unpaired) electrons. The quantitative estimate of drug-likeness (QED) is 0.706. The number of nitrogens with zero attached hydrogens (tertiary/aromatic N) is 1. The molecule has 0 atom stereocenters. The number of rotatable bonds is 2. The second kappa shape index (κ2) is 4.94. The third kappa shape index (κ3) is 2.42. The van der Waals surface area contributed by atoms with E-state index in [-0.39, 0.29) is 0 Å². The van der Waals surface area contributed by atoms with Crippen molar-refractivity contribution in [1.29, 1.82) is 0 Å². The molecule has 0 fully saturated rings. The highest BCUT2D eigenvalue weighted by Gasteiger charge is 2.01. The topological polar surface area (TPSA) is 38.9 Å². The number of fused-ring (bicyclic) bond motifs is 1. The monoisotopic (exact) mass is 266 g/mol. The van der Waals surface area contributed by atoms with Crippen molar-refractivity contribution in [2.45, 2.75) is 4.90 Å². The molecule has 2 N–H and O–H groups in total. The van der Waals surface area contributed by atoms with Gasteiger partial charge in [0.2, 0.25) is 0 Å². The Morgan fingerprint density at radius 3 is 2.37 bits per heavy atom. The lowest BCUT2D eigenvalue weighted by atomic mass is 10.0. The van der Waals surface area contributed by atoms with Crippen LogP contribution in [0.4, 0.5) is 5.82 Å². The van der Waals surface area contributed by atoms with Gasteiger partial charge in [0.25, 0.3) is 0 Å². The van der Waals surface area contributed by atoms with Gasteiger partial charge in [-0.25, -0.2) is 4.98 Å². The third-order valence-corrected chi connectivity index (χ3v) is 3.88. The lowest BCUT2D eigenvalue weighted by Crippen LogP contribution is -1.89. The molecule has 1 aromatic heterocycles. The Balaban J connectivity index is 2.06. The van der Waals surface area contributed by atoms with Gasteiger partial charge >= 0.3 is 0 Å². The number of pyridine rings is 1. The van der Waals surface area contributed by atoms with Crippen LogP contribution in [0, 0.1) is 0 Å². The molecule has 0 aliphatic rings. The Morgan fingerprint density at radius 1 is 0.895 bits per heavy atom. The maximum absolute atomic E-state index is 5.69. The fourth-order valence-corrected chi connectivity index (χ4v) is 2.51. The van der Waals surface area contributed by atoms with Gasteiger partial charge in [0.05, 0.1) is 5.52 Å². The molecule has 0 amide bonds. The van der Waals surface area contributed by atoms with Gasteiger partial charge in [-0.1, -0.05) is 18.2 Å². The molecular weight excluding hydrogens is 252 g/mol. The predicted octanol–water partition coefficient (Wildman–Crippen LogP) is 4.21. The Bertz CT molecular complexity index is 720. The summed E-state index contributed by atoms with van der Waals surface area (Å²) in [6, 6.07) is 18.7. The van der Waals surface area contributed by atoms with Crippen LogP contribution in [0.25, 0.3) is 22.0 Å². The van der Waals surface area contributed by atoms with E-state index < -0.39 is 0 Å². The van der Waals surface area contributed by atoms with Crippen LogP contribution in [-0.4, -0.2) is 11.2 Å². The van der Waals surface area contributed by atoms with Crippen LogP contribution in [0.5, 0.6) is 0 Å². The molecule has 94 valence electrons. The highest BCUT2D eigenvalue weighted by Crippen LogP contribution is 2.26. The van der Waals surface area contributed by atoms with E-state index in [1.807, 2.05) is 18.2 Å². The van der Waals surface area contributed by atoms with Gasteiger partial charge in [-0.05, 0) is 53.8 Å². The van der Waals surface area contributed by atoms with Gasteiger partial charge in [0.1, 0.15) is 5.82 Å². The van der Waals surface area contributed by atoms with Crippen molar-refractivity contribution in [3.63, 3.8) is 0 Å². The standard InChI is InChI=1S/C16H14N2S/c1-19-14-6-2-11(3-7-14)12-4-8-15-13(10-12)5-9-16(17)18-15/h2-10H,1H3,(H2,17,18). The second-order valence-corrected chi connectivity index (χ2v) is 5.25. The molecule has 0 bridgehead atoms. The van der Waals surface area contributed by atoms with Crippen molar-refractivity contribution in [2.24, 2.45) is 0 Å². The van der Waals surface area contributed by atoms with E-state index in [9.17, 15) is 0 Å². The number of aromatic nitrogens is 1. The van der Waals surface area contributed by atoms with Crippen LogP contribution in [-0.2, 0) is 0 Å². The zero-order valence-electron chi connectivity index (χ0n) is 10.6. The molecule has 0 saturated heterocycles. The van der Waals surface area contributed by atoms with Crippen molar-refractivity contribution in [3.05, 3.63) is 54.6 Å². The summed E-state index contributed by atoms with van der Waals surface area (Å²) in [6.07, 6.45) is 2.08. The summed E-state index contributed by atoms with van der Waals surface area (Å²) < 4.78 is 0. The number of anilines is 1. The van der Waals surface area contributed by atoms with Crippen LogP contribution in [0.3, 0.4) is 0 Å². The Hall–Kier alpha value is -2.00. The second-order valence-electron chi connectivity index (χ2n) is 4.37. The van der Waals surface area contributed by atoms with Crippen molar-refractivity contribution in [3.8, 4) is 11.1 Å². The molecule has 3 aromatic rings. The SMILES string of the molecule is CSc1ccc(-c2ccc3nc(N)ccc3c2)cc1. The molecule has 3 rings (SSSR count). The first-order valence-corrected chi connectivity index (χ1v) is 7.29. The fraction of sp³-hybridized carbons (Fsp3) is 0.0625. The molecule has 0 unspecified atom stereocenters. The molecule has 2 nitrogen and oxygen atoms in total. The molecule has 3 heteroatoms. The summed E-state index contributed by atoms with van der Waals surface area (Å²) in [5, 5.41) is 1.11. The van der Waals surface area contributed by atoms with Crippen molar-refractivity contribution in [1.82, 2.24) is 4.98 Å². The van der Waals surface area contributed by atoms with Crippen molar-refractivity contribution < 1.29 is 0 Å². The number of nitrogen functional groups attached to an aromatic ring is 1. The lowest BCUT2D eigenvalue weighted by Gasteiger charge is -2.05. The van der Waals surface area contributed by atoms with Gasteiger partial charge < -0.3 is 5.73 Å². The van der Waals surface area contributed by atoms with E-state index in [4.69, 9.17) is 5.73 Å². The van der Waals surface area contributed by atoms with Crippen molar-refractivity contribution >= 4 is 28.5 Å². The summed E-state index contributed by atoms with van der Waals surface area (Å²) in [4.78, 5) is 5.59. The number of hydrogen-bond donors (Lipinski definition) is 1. The average Bonchev–Trinajstić information content (AvgIpc) is 2.47. The molecule has 2 aromatic carbocycles. The van der Waals surface area contributed by atoms with E-state index in [2.05, 4.69) is 47.6 Å². The summed E-state index contributed by atoms with van der Waals surface area (Å²) in [5.74, 6) is 0.560. The Labute approximate surface area is 116 Å². The normalized spacial score (nSPS) is 10.8. The first-order valence-electron chi connectivity index (χ1n) is 6.07. The van der Waals surface area contributed by atoms with Gasteiger partial charge in [-0.2, -0.15) is 0 Å². The van der Waals surface area contributed by atoms with Crippen LogP contribution in [0.1, 0.15) is 0 Å². The third-order valence-electron chi connectivity index (χ3n) is 3.13. The smallest absolute Gasteiger partial charge is 0.124 e. The Kier molecular flexibility index (Phi) is 3.13. The van der Waals surface area contributed by atoms with Crippen LogP contribution in [0.15, 0.2) is 59.5 Å². The van der Waals surface area contributed by atoms with Crippen LogP contribution < -0.4 is 5.73 Å². The molecule has 1 heterocycles. The minimum atomic E-state index is 0.560. The summed E-state index contributed by atoms with van der Waals surface area (Å²) >= 11 is 1.75. The van der Waals surface area contributed by atoms with E-state index in [0.717, 1.165) is 10.9 Å². The van der Waals surface area contributed by atoms with E-state index in [1.165, 1.54) is 16.0 Å². The fourth-order valence-electron chi connectivity index (χ4n) is 2.10. The average molecular weight is 266 g/mol. The molecule has 0 saturated carbocycles. The summed E-state index contributed by atoms with van der Waals surface area (Å²) in [5.41, 5.74) is 9.05. The van der Waals surface area contributed by atoms with Crippen LogP contribution >= 0.6 is 11.8 Å². The molecular formula is C16H14N2S. The predicted molar refractivity (Wildman–Crippen MR) is 83.4 cm³/mol. The van der Waals surface area contributed by atoms with Gasteiger partial charge in [-0.15, -0.1) is 11.8 Å². The summed E-state index contributed by atoms with van der Waals surface area (Å²) in [6.45, 7) is 0. The van der Waals surface area contributed by atoms with E-state index in [1.54, 1.807) is 11.8 Å². The minimum Gasteiger partial charge on any atom is -0.384 e. The first-order chi connectivity index (χ1) is 9.26. The van der Waals surface area contributed by atoms with E-state index in [0.29, 0.717) is 5.82 Å². The highest BCUT2D eigenvalue weighted by molar-refractivity contribution is 7.98. The number of nitrogens with two attached hydrogens (primary N) is 1. The number of benzene rings is 2. The maximum atomic E-state index is 5.69. The lowest BCUT2D eigenvalue weighted by molar-refractivity contribution is 1.41. The number of hydrogen-bond acceptors (Lipinski definition) is 3. The molecule has 0 aliphatic heterocycles. The minimum absolute atomic E-state index is 0.560. The molecule has 0 aliphatic carbocycles. The van der Waals surface area contributed by atoms with E-state index >= 15 is 0 Å². The maximum Gasteiger partial charge on any atom is 0.124 e. The Morgan fingerprint density at radius 2 is 1.63 bits per heavy atom. The summed E-state index contributed by atoms with van der Waals surface area (Å²) in [7, 11) is 0. The molecule has 0 spiro atoms. The zero-order valence-corrected chi connectivity index (χ0v) is 11.4. The molecule has 19 heavy (non-hydrogen) atoms. The van der Waals surface area contributed by atoms with Gasteiger partial charge in [-0.3, -0.25) is 0 Å². The largest absolute Gasteiger partial charge is 0.384 e. The van der Waals surface area contributed by atoms with Crippen molar-refractivity contribution in [2.75, 3.05) is 12.0 Å². The number of thioether (sulfide) groups is 1. The first kappa shape index (κ1) is 12.1. The van der Waals surface area contributed by atoms with Gasteiger partial charge in [0, 0.05) is 10.3 Å².